The third-order valence-corrected chi connectivity index (χ3v) is 5.54. The zero-order chi connectivity index (χ0) is 16.3. The molecule has 0 aliphatic carbocycles. The molecule has 1 amide bonds. The smallest absolute Gasteiger partial charge is 0.222 e. The topological polar surface area (TPSA) is 23.6 Å². The highest BCUT2D eigenvalue weighted by molar-refractivity contribution is 6.30. The number of hydrogen-bond donors (Lipinski definition) is 0. The second kappa shape index (κ2) is 7.06. The fourth-order valence-electron chi connectivity index (χ4n) is 3.91. The van der Waals surface area contributed by atoms with Crippen molar-refractivity contribution in [2.45, 2.75) is 32.2 Å². The van der Waals surface area contributed by atoms with Crippen molar-refractivity contribution in [3.05, 3.63) is 47.5 Å². The van der Waals surface area contributed by atoms with Crippen LogP contribution in [-0.4, -0.2) is 41.9 Å². The van der Waals surface area contributed by atoms with E-state index in [1.165, 1.54) is 18.4 Å². The number of halogens is 1. The summed E-state index contributed by atoms with van der Waals surface area (Å²) >= 11 is 6.07. The summed E-state index contributed by atoms with van der Waals surface area (Å²) in [5.74, 6) is 0.289. The monoisotopic (exact) mass is 332 g/mol. The fourth-order valence-corrected chi connectivity index (χ4v) is 4.12. The first-order valence-electron chi connectivity index (χ1n) is 8.46. The lowest BCUT2D eigenvalue weighted by Gasteiger charge is -2.47. The summed E-state index contributed by atoms with van der Waals surface area (Å²) < 4.78 is 0. The number of amides is 1. The van der Waals surface area contributed by atoms with Crippen molar-refractivity contribution in [3.63, 3.8) is 0 Å². The third-order valence-electron chi connectivity index (χ3n) is 5.31. The maximum atomic E-state index is 12.0. The van der Waals surface area contributed by atoms with Crippen molar-refractivity contribution >= 4 is 17.5 Å². The SMILES string of the molecule is C=CCN1CC2(CCC1=O)CCN(Cc1cccc(Cl)c1)CC2. The average molecular weight is 333 g/mol. The molecule has 2 saturated heterocycles. The first kappa shape index (κ1) is 16.5. The summed E-state index contributed by atoms with van der Waals surface area (Å²) in [5.41, 5.74) is 1.60. The largest absolute Gasteiger partial charge is 0.338 e. The number of carbonyl (C=O) groups excluding carboxylic acids is 1. The predicted molar refractivity (Wildman–Crippen MR) is 94.4 cm³/mol. The summed E-state index contributed by atoms with van der Waals surface area (Å²) in [6.45, 7) is 8.53. The van der Waals surface area contributed by atoms with Crippen molar-refractivity contribution in [2.75, 3.05) is 26.2 Å². The molecule has 0 bridgehead atoms. The van der Waals surface area contributed by atoms with Crippen LogP contribution in [0.1, 0.15) is 31.2 Å². The van der Waals surface area contributed by atoms with Gasteiger partial charge in [0.25, 0.3) is 0 Å². The van der Waals surface area contributed by atoms with Gasteiger partial charge in [-0.25, -0.2) is 0 Å². The van der Waals surface area contributed by atoms with Gasteiger partial charge in [-0.2, -0.15) is 0 Å². The Kier molecular flexibility index (Phi) is 5.08. The highest BCUT2D eigenvalue weighted by Gasteiger charge is 2.40. The molecule has 2 fully saturated rings. The Balaban J connectivity index is 1.57. The van der Waals surface area contributed by atoms with E-state index >= 15 is 0 Å². The van der Waals surface area contributed by atoms with E-state index in [0.717, 1.165) is 37.6 Å². The molecule has 4 heteroatoms. The number of nitrogens with zero attached hydrogens (tertiary/aromatic N) is 2. The molecule has 0 saturated carbocycles. The number of hydrogen-bond acceptors (Lipinski definition) is 2. The average Bonchev–Trinajstić information content (AvgIpc) is 2.54. The molecule has 3 nitrogen and oxygen atoms in total. The van der Waals surface area contributed by atoms with E-state index in [4.69, 9.17) is 11.6 Å². The van der Waals surface area contributed by atoms with Gasteiger partial charge in [-0.3, -0.25) is 9.69 Å². The summed E-state index contributed by atoms with van der Waals surface area (Å²) in [6.07, 6.45) is 5.93. The van der Waals surface area contributed by atoms with Gasteiger partial charge < -0.3 is 4.90 Å². The minimum Gasteiger partial charge on any atom is -0.338 e. The molecule has 3 rings (SSSR count). The summed E-state index contributed by atoms with van der Waals surface area (Å²) in [6, 6.07) is 8.13. The second-order valence-electron chi connectivity index (χ2n) is 6.97. The van der Waals surface area contributed by atoms with Crippen molar-refractivity contribution in [1.82, 2.24) is 9.80 Å². The van der Waals surface area contributed by atoms with Crippen LogP contribution in [0.2, 0.25) is 5.02 Å². The number of piperidine rings is 2. The highest BCUT2D eigenvalue weighted by Crippen LogP contribution is 2.40. The Labute approximate surface area is 143 Å². The van der Waals surface area contributed by atoms with E-state index in [9.17, 15) is 4.79 Å². The van der Waals surface area contributed by atoms with Gasteiger partial charge in [0.2, 0.25) is 5.91 Å². The number of carbonyl (C=O) groups is 1. The van der Waals surface area contributed by atoms with Crippen LogP contribution in [0.15, 0.2) is 36.9 Å². The van der Waals surface area contributed by atoms with Crippen LogP contribution in [-0.2, 0) is 11.3 Å². The Morgan fingerprint density at radius 1 is 1.26 bits per heavy atom. The Morgan fingerprint density at radius 3 is 2.74 bits per heavy atom. The van der Waals surface area contributed by atoms with Gasteiger partial charge in [0.15, 0.2) is 0 Å². The van der Waals surface area contributed by atoms with E-state index in [-0.39, 0.29) is 5.91 Å². The van der Waals surface area contributed by atoms with Crippen LogP contribution < -0.4 is 0 Å². The van der Waals surface area contributed by atoms with Crippen molar-refractivity contribution in [1.29, 1.82) is 0 Å². The summed E-state index contributed by atoms with van der Waals surface area (Å²) in [7, 11) is 0. The molecule has 1 spiro atoms. The number of rotatable bonds is 4. The number of likely N-dealkylation sites (tertiary alicyclic amines) is 2. The highest BCUT2D eigenvalue weighted by atomic mass is 35.5. The zero-order valence-corrected chi connectivity index (χ0v) is 14.4. The van der Waals surface area contributed by atoms with Gasteiger partial charge >= 0.3 is 0 Å². The Hall–Kier alpha value is -1.32. The molecule has 2 aliphatic rings. The zero-order valence-electron chi connectivity index (χ0n) is 13.6. The van der Waals surface area contributed by atoms with Crippen molar-refractivity contribution < 1.29 is 4.79 Å². The fraction of sp³-hybridized carbons (Fsp3) is 0.526. The molecule has 0 radical (unpaired) electrons. The van der Waals surface area contributed by atoms with Gasteiger partial charge in [0, 0.05) is 31.1 Å². The van der Waals surface area contributed by atoms with Crippen LogP contribution in [0.3, 0.4) is 0 Å². The first-order valence-corrected chi connectivity index (χ1v) is 8.84. The predicted octanol–water partition coefficient (Wildman–Crippen LogP) is 3.73. The Bertz CT molecular complexity index is 578. The van der Waals surface area contributed by atoms with Crippen LogP contribution >= 0.6 is 11.6 Å². The van der Waals surface area contributed by atoms with Crippen molar-refractivity contribution in [2.24, 2.45) is 5.41 Å². The van der Waals surface area contributed by atoms with Gasteiger partial charge in [0.05, 0.1) is 0 Å². The standard InChI is InChI=1S/C19H25ClN2O/c1-2-10-22-15-19(7-6-18(22)23)8-11-21(12-9-19)14-16-4-3-5-17(20)13-16/h2-5,13H,1,6-12,14-15H2. The maximum Gasteiger partial charge on any atom is 0.222 e. The van der Waals surface area contributed by atoms with E-state index in [2.05, 4.69) is 23.6 Å². The van der Waals surface area contributed by atoms with Crippen LogP contribution in [0.25, 0.3) is 0 Å². The number of benzene rings is 1. The van der Waals surface area contributed by atoms with Crippen molar-refractivity contribution in [3.8, 4) is 0 Å². The summed E-state index contributed by atoms with van der Waals surface area (Å²) in [5, 5.41) is 0.807. The summed E-state index contributed by atoms with van der Waals surface area (Å²) in [4.78, 5) is 16.5. The molecule has 0 unspecified atom stereocenters. The van der Waals surface area contributed by atoms with Crippen LogP contribution in [0.4, 0.5) is 0 Å². The lowest BCUT2D eigenvalue weighted by molar-refractivity contribution is -0.138. The molecule has 23 heavy (non-hydrogen) atoms. The molecule has 2 aliphatic heterocycles. The molecular formula is C19H25ClN2O. The van der Waals surface area contributed by atoms with E-state index < -0.39 is 0 Å². The molecule has 124 valence electrons. The van der Waals surface area contributed by atoms with E-state index in [1.807, 2.05) is 23.1 Å². The van der Waals surface area contributed by atoms with Crippen LogP contribution in [0, 0.1) is 5.41 Å². The molecule has 1 aromatic rings. The molecule has 1 aromatic carbocycles. The van der Waals surface area contributed by atoms with Gasteiger partial charge in [-0.15, -0.1) is 6.58 Å². The van der Waals surface area contributed by atoms with E-state index in [0.29, 0.717) is 18.4 Å². The van der Waals surface area contributed by atoms with Crippen LogP contribution in [0.5, 0.6) is 0 Å². The third kappa shape index (κ3) is 3.96. The Morgan fingerprint density at radius 2 is 2.04 bits per heavy atom. The lowest BCUT2D eigenvalue weighted by atomic mass is 9.72. The molecular weight excluding hydrogens is 308 g/mol. The van der Waals surface area contributed by atoms with Gasteiger partial charge in [0.1, 0.15) is 0 Å². The molecule has 0 aromatic heterocycles. The normalized spacial score (nSPS) is 21.6. The maximum absolute atomic E-state index is 12.0. The molecule has 0 N–H and O–H groups in total. The second-order valence-corrected chi connectivity index (χ2v) is 7.41. The van der Waals surface area contributed by atoms with Gasteiger partial charge in [-0.1, -0.05) is 29.8 Å². The van der Waals surface area contributed by atoms with E-state index in [1.54, 1.807) is 0 Å². The lowest BCUT2D eigenvalue weighted by Crippen LogP contribution is -2.51. The first-order chi connectivity index (χ1) is 11.1. The quantitative estimate of drug-likeness (QED) is 0.784. The molecule has 0 atom stereocenters. The van der Waals surface area contributed by atoms with Gasteiger partial charge in [-0.05, 0) is 55.5 Å². The minimum absolute atomic E-state index is 0.289. The minimum atomic E-state index is 0.289. The molecule has 2 heterocycles.